The first-order chi connectivity index (χ1) is 14.2. The fourth-order valence-electron chi connectivity index (χ4n) is 3.45. The van der Waals surface area contributed by atoms with Crippen LogP contribution in [0.15, 0.2) is 54.6 Å². The molecule has 0 saturated heterocycles. The number of para-hydroxylation sites is 1. The van der Waals surface area contributed by atoms with Crippen molar-refractivity contribution in [3.63, 3.8) is 0 Å². The van der Waals surface area contributed by atoms with Crippen molar-refractivity contribution in [1.29, 1.82) is 0 Å². The number of benzene rings is 2. The Morgan fingerprint density at radius 2 is 1.83 bits per heavy atom. The van der Waals surface area contributed by atoms with E-state index in [1.165, 1.54) is 19.4 Å². The van der Waals surface area contributed by atoms with Crippen LogP contribution in [0, 0.1) is 6.92 Å². The first-order valence-corrected chi connectivity index (χ1v) is 10.6. The number of alkyl halides is 3. The minimum absolute atomic E-state index is 0.214. The summed E-state index contributed by atoms with van der Waals surface area (Å²) in [5.74, 6) is -0.290. The molecule has 0 aliphatic heterocycles. The summed E-state index contributed by atoms with van der Waals surface area (Å²) in [5, 5.41) is 14.6. The van der Waals surface area contributed by atoms with Crippen molar-refractivity contribution >= 4 is 28.4 Å². The number of hydrogen-bond donors (Lipinski definition) is 2. The van der Waals surface area contributed by atoms with Crippen molar-refractivity contribution in [2.24, 2.45) is 0 Å². The number of nitrogens with zero attached hydrogens (tertiary/aromatic N) is 1. The molecule has 160 valence electrons. The van der Waals surface area contributed by atoms with Crippen LogP contribution in [-0.4, -0.2) is 41.0 Å². The molecule has 2 aromatic carbocycles. The second-order valence-corrected chi connectivity index (χ2v) is 7.87. The van der Waals surface area contributed by atoms with Gasteiger partial charge in [-0.15, -0.1) is 0 Å². The van der Waals surface area contributed by atoms with Gasteiger partial charge in [0.05, 0.1) is 18.7 Å². The molecule has 0 amide bonds. The maximum Gasteiger partial charge on any atom is 0.420 e. The van der Waals surface area contributed by atoms with Gasteiger partial charge in [0.1, 0.15) is 5.75 Å². The lowest BCUT2D eigenvalue weighted by Crippen LogP contribution is -2.54. The smallest absolute Gasteiger partial charge is 0.420 e. The van der Waals surface area contributed by atoms with Crippen molar-refractivity contribution in [1.82, 2.24) is 4.98 Å². The molecule has 4 nitrogen and oxygen atoms in total. The van der Waals surface area contributed by atoms with Crippen LogP contribution in [0.3, 0.4) is 0 Å². The van der Waals surface area contributed by atoms with Gasteiger partial charge in [-0.25, -0.2) is 0 Å². The van der Waals surface area contributed by atoms with Crippen LogP contribution in [0.4, 0.5) is 18.9 Å². The highest BCUT2D eigenvalue weighted by atomic mass is 32.2. The first kappa shape index (κ1) is 22.2. The number of halogens is 3. The minimum atomic E-state index is -4.88. The molecular formula is C22H23F3N2O2S. The number of pyridine rings is 1. The Bertz CT molecular complexity index is 1030. The summed E-state index contributed by atoms with van der Waals surface area (Å²) >= 11 is 0.925. The van der Waals surface area contributed by atoms with E-state index >= 15 is 0 Å². The van der Waals surface area contributed by atoms with Gasteiger partial charge in [0, 0.05) is 28.1 Å². The number of hydrogen-bond acceptors (Lipinski definition) is 5. The molecule has 0 aliphatic rings. The lowest BCUT2D eigenvalue weighted by Gasteiger charge is -2.39. The predicted octanol–water partition coefficient (Wildman–Crippen LogP) is 5.36. The second-order valence-electron chi connectivity index (χ2n) is 7.00. The highest BCUT2D eigenvalue weighted by Gasteiger charge is 2.59. The Morgan fingerprint density at radius 3 is 2.50 bits per heavy atom. The average Bonchev–Trinajstić information content (AvgIpc) is 2.71. The Morgan fingerprint density at radius 1 is 1.10 bits per heavy atom. The molecule has 0 saturated carbocycles. The van der Waals surface area contributed by atoms with Gasteiger partial charge in [-0.2, -0.15) is 24.9 Å². The van der Waals surface area contributed by atoms with Crippen molar-refractivity contribution in [2.75, 3.05) is 24.4 Å². The molecule has 8 heteroatoms. The maximum absolute atomic E-state index is 14.2. The third-order valence-electron chi connectivity index (χ3n) is 4.95. The third-order valence-corrected chi connectivity index (χ3v) is 5.68. The van der Waals surface area contributed by atoms with Gasteiger partial charge in [-0.1, -0.05) is 24.3 Å². The molecule has 3 aromatic rings. The molecule has 0 aliphatic carbocycles. The van der Waals surface area contributed by atoms with E-state index in [0.29, 0.717) is 16.6 Å². The van der Waals surface area contributed by atoms with E-state index in [-0.39, 0.29) is 11.3 Å². The summed E-state index contributed by atoms with van der Waals surface area (Å²) in [6, 6.07) is 13.7. The zero-order valence-corrected chi connectivity index (χ0v) is 17.6. The number of ether oxygens (including phenoxy) is 1. The molecule has 0 fully saturated rings. The molecule has 3 rings (SSSR count). The van der Waals surface area contributed by atoms with Crippen LogP contribution in [-0.2, 0) is 0 Å². The minimum Gasteiger partial charge on any atom is -0.496 e. The topological polar surface area (TPSA) is 54.4 Å². The summed E-state index contributed by atoms with van der Waals surface area (Å²) in [6.07, 6.45) is -3.35. The first-order valence-electron chi connectivity index (χ1n) is 9.25. The van der Waals surface area contributed by atoms with Crippen LogP contribution >= 0.6 is 11.8 Å². The lowest BCUT2D eigenvalue weighted by molar-refractivity contribution is -0.256. The maximum atomic E-state index is 14.2. The van der Waals surface area contributed by atoms with Crippen LogP contribution in [0.25, 0.3) is 10.9 Å². The molecule has 0 spiro atoms. The third kappa shape index (κ3) is 4.20. The van der Waals surface area contributed by atoms with Crippen molar-refractivity contribution in [3.05, 3.63) is 65.9 Å². The zero-order valence-electron chi connectivity index (χ0n) is 16.8. The van der Waals surface area contributed by atoms with E-state index in [2.05, 4.69) is 10.3 Å². The SMILES string of the molecule is COc1ccccc1C(Nc1cccc2nc(C)ccc12)C(O)(CSC)C(F)(F)F. The summed E-state index contributed by atoms with van der Waals surface area (Å²) in [4.78, 5) is 4.44. The summed E-state index contributed by atoms with van der Waals surface area (Å²) < 4.78 is 47.8. The van der Waals surface area contributed by atoms with Gasteiger partial charge < -0.3 is 15.2 Å². The Labute approximate surface area is 177 Å². The van der Waals surface area contributed by atoms with E-state index in [0.717, 1.165) is 17.5 Å². The number of aryl methyl sites for hydroxylation is 1. The molecule has 0 bridgehead atoms. The quantitative estimate of drug-likeness (QED) is 0.522. The Balaban J connectivity index is 2.20. The summed E-state index contributed by atoms with van der Waals surface area (Å²) in [5.41, 5.74) is -0.929. The van der Waals surface area contributed by atoms with E-state index in [1.54, 1.807) is 48.5 Å². The Kier molecular flexibility index (Phi) is 6.47. The molecule has 1 heterocycles. The zero-order chi connectivity index (χ0) is 21.9. The van der Waals surface area contributed by atoms with Crippen LogP contribution in [0.1, 0.15) is 17.3 Å². The normalized spacial score (nSPS) is 14.9. The summed E-state index contributed by atoms with van der Waals surface area (Å²) in [7, 11) is 1.39. The highest BCUT2D eigenvalue weighted by Crippen LogP contribution is 2.46. The number of nitrogens with one attached hydrogen (secondary N) is 1. The largest absolute Gasteiger partial charge is 0.496 e. The van der Waals surface area contributed by atoms with Crippen molar-refractivity contribution in [3.8, 4) is 5.75 Å². The lowest BCUT2D eigenvalue weighted by atomic mass is 9.88. The number of fused-ring (bicyclic) bond motifs is 1. The predicted molar refractivity (Wildman–Crippen MR) is 115 cm³/mol. The van der Waals surface area contributed by atoms with Crippen molar-refractivity contribution < 1.29 is 23.0 Å². The van der Waals surface area contributed by atoms with Gasteiger partial charge in [0.2, 0.25) is 0 Å². The number of anilines is 1. The van der Waals surface area contributed by atoms with Crippen molar-refractivity contribution in [2.45, 2.75) is 24.7 Å². The van der Waals surface area contributed by atoms with E-state index in [4.69, 9.17) is 4.74 Å². The fraction of sp³-hybridized carbons (Fsp3) is 0.318. The number of thioether (sulfide) groups is 1. The highest BCUT2D eigenvalue weighted by molar-refractivity contribution is 7.98. The van der Waals surface area contributed by atoms with E-state index in [1.807, 2.05) is 6.92 Å². The Hall–Kier alpha value is -2.45. The molecule has 1 aromatic heterocycles. The van der Waals surface area contributed by atoms with Crippen LogP contribution < -0.4 is 10.1 Å². The van der Waals surface area contributed by atoms with E-state index < -0.39 is 23.6 Å². The number of aromatic nitrogens is 1. The molecule has 30 heavy (non-hydrogen) atoms. The van der Waals surface area contributed by atoms with Gasteiger partial charge in [-0.3, -0.25) is 4.98 Å². The molecule has 2 N–H and O–H groups in total. The monoisotopic (exact) mass is 436 g/mol. The fourth-order valence-corrected chi connectivity index (χ4v) is 4.22. The standard InChI is InChI=1S/C22H23F3N2O2S/c1-14-11-12-15-17(26-14)8-6-9-18(15)27-20(16-7-4-5-10-19(16)29-2)21(28,13-30-3)22(23,24)25/h4-12,20,27-28H,13H2,1-3H3. The average molecular weight is 436 g/mol. The summed E-state index contributed by atoms with van der Waals surface area (Å²) in [6.45, 7) is 1.85. The van der Waals surface area contributed by atoms with Crippen LogP contribution in [0.2, 0.25) is 0 Å². The van der Waals surface area contributed by atoms with Crippen LogP contribution in [0.5, 0.6) is 5.75 Å². The van der Waals surface area contributed by atoms with Gasteiger partial charge >= 0.3 is 6.18 Å². The number of rotatable bonds is 7. The van der Waals surface area contributed by atoms with Gasteiger partial charge in [0.25, 0.3) is 0 Å². The number of methoxy groups -OCH3 is 1. The van der Waals surface area contributed by atoms with Gasteiger partial charge in [-0.05, 0) is 43.5 Å². The molecule has 2 unspecified atom stereocenters. The molecular weight excluding hydrogens is 413 g/mol. The van der Waals surface area contributed by atoms with E-state index in [9.17, 15) is 18.3 Å². The van der Waals surface area contributed by atoms with Gasteiger partial charge in [0.15, 0.2) is 5.60 Å². The second kappa shape index (κ2) is 8.73. The molecule has 0 radical (unpaired) electrons. The molecule has 2 atom stereocenters. The number of aliphatic hydroxyl groups is 1.